The number of anilines is 2. The molecule has 2 atom stereocenters. The van der Waals surface area contributed by atoms with Gasteiger partial charge in [0.15, 0.2) is 5.82 Å². The molecule has 0 saturated carbocycles. The number of fused-ring (bicyclic) bond motifs is 3. The third-order valence-corrected chi connectivity index (χ3v) is 12.4. The summed E-state index contributed by atoms with van der Waals surface area (Å²) in [7, 11) is 0. The summed E-state index contributed by atoms with van der Waals surface area (Å²) < 4.78 is 85.4. The predicted molar refractivity (Wildman–Crippen MR) is 205 cm³/mol. The number of nitrogens with two attached hydrogens (primary N) is 1. The number of carbonyl (C=O) groups is 1. The van der Waals surface area contributed by atoms with Crippen LogP contribution in [0.2, 0.25) is 5.28 Å². The molecular formula is C38H34ClF5N10O2S. The number of ether oxygens (including phenoxy) is 1. The number of aromatic nitrogens is 5. The number of halogens is 6. The largest absolute Gasteiger partial charge is 0.461 e. The first kappa shape index (κ1) is 38.5. The number of thiophene rings is 1. The minimum Gasteiger partial charge on any atom is -0.461 e. The maximum atomic E-state index is 17.4. The molecule has 3 aliphatic heterocycles. The van der Waals surface area contributed by atoms with Crippen LogP contribution in [-0.4, -0.2) is 91.0 Å². The van der Waals surface area contributed by atoms with Gasteiger partial charge in [0.05, 0.1) is 33.4 Å². The molecule has 2 aromatic carbocycles. The highest BCUT2D eigenvalue weighted by atomic mass is 35.5. The maximum Gasteiger partial charge on any atom is 0.417 e. The van der Waals surface area contributed by atoms with Crippen molar-refractivity contribution in [1.82, 2.24) is 34.5 Å². The van der Waals surface area contributed by atoms with Gasteiger partial charge in [-0.15, -0.1) is 16.4 Å². The van der Waals surface area contributed by atoms with Crippen molar-refractivity contribution in [3.63, 3.8) is 0 Å². The second kappa shape index (κ2) is 13.9. The molecule has 0 spiro atoms. The lowest BCUT2D eigenvalue weighted by molar-refractivity contribution is -0.137. The summed E-state index contributed by atoms with van der Waals surface area (Å²) in [5.74, 6) is -2.26. The van der Waals surface area contributed by atoms with Crippen LogP contribution in [0, 0.1) is 23.0 Å². The van der Waals surface area contributed by atoms with Crippen molar-refractivity contribution in [1.29, 1.82) is 5.26 Å². The lowest BCUT2D eigenvalue weighted by atomic mass is 9.92. The van der Waals surface area contributed by atoms with E-state index in [1.165, 1.54) is 11.2 Å². The Balaban J connectivity index is 1.32. The number of likely N-dealkylation sites (N-methyl/N-ethyl adjacent to an activating group) is 1. The molecule has 1 unspecified atom stereocenters. The Bertz CT molecular complexity index is 2550. The average molecular weight is 825 g/mol. The van der Waals surface area contributed by atoms with Crippen LogP contribution in [0.5, 0.6) is 6.01 Å². The van der Waals surface area contributed by atoms with Crippen molar-refractivity contribution in [3.8, 4) is 23.2 Å². The monoisotopic (exact) mass is 824 g/mol. The molecule has 12 nitrogen and oxygen atoms in total. The Morgan fingerprint density at radius 1 is 1.21 bits per heavy atom. The molecule has 0 radical (unpaired) electrons. The number of hydrogen-bond acceptors (Lipinski definition) is 11. The number of nitriles is 1. The standard InChI is InChI=1S/C38H34ClF5N10O2S/c1-5-52(26-8-9-53(20(26)4)36(55)54-17-47-34(39)50-54)33-22-10-24(38(42,43)44)28(21-6-7-25(40)31-27(21)23(13-45)32(46)57-31)29(41)30(22)48-35(49-33)56-16-37-11-18(2)14-51(37)15-19(3)12-37/h6-7,10,17,20,26H,2-3,5,8-9,11-12,14-16,46H2,1,4H3/t20-,26?/m1/s1. The summed E-state index contributed by atoms with van der Waals surface area (Å²) in [6.45, 7) is 13.6. The van der Waals surface area contributed by atoms with Gasteiger partial charge in [0.2, 0.25) is 5.28 Å². The minimum atomic E-state index is -5.15. The molecule has 2 N–H and O–H groups in total. The molecule has 57 heavy (non-hydrogen) atoms. The van der Waals surface area contributed by atoms with Crippen LogP contribution in [0.1, 0.15) is 44.2 Å². The summed E-state index contributed by atoms with van der Waals surface area (Å²) in [6.07, 6.45) is -2.39. The molecule has 3 aromatic heterocycles. The maximum absolute atomic E-state index is 17.4. The van der Waals surface area contributed by atoms with E-state index in [0.717, 1.165) is 34.0 Å². The van der Waals surface area contributed by atoms with Crippen LogP contribution in [0.25, 0.3) is 32.1 Å². The summed E-state index contributed by atoms with van der Waals surface area (Å²) in [5.41, 5.74) is 4.01. The lowest BCUT2D eigenvalue weighted by Gasteiger charge is -2.34. The second-order valence-corrected chi connectivity index (χ2v) is 16.0. The fourth-order valence-electron chi connectivity index (χ4n) is 8.74. The van der Waals surface area contributed by atoms with E-state index in [0.29, 0.717) is 43.7 Å². The zero-order valence-electron chi connectivity index (χ0n) is 30.6. The van der Waals surface area contributed by atoms with E-state index in [2.05, 4.69) is 33.1 Å². The van der Waals surface area contributed by atoms with Gasteiger partial charge in [0.1, 0.15) is 41.2 Å². The number of hydrogen-bond donors (Lipinski definition) is 1. The Labute approximate surface area is 331 Å². The summed E-state index contributed by atoms with van der Waals surface area (Å²) in [4.78, 5) is 31.8. The van der Waals surface area contributed by atoms with Crippen molar-refractivity contribution in [2.75, 3.05) is 43.4 Å². The molecule has 296 valence electrons. The topological polar surface area (TPSA) is 142 Å². The fourth-order valence-corrected chi connectivity index (χ4v) is 9.81. The van der Waals surface area contributed by atoms with E-state index in [4.69, 9.17) is 27.1 Å². The van der Waals surface area contributed by atoms with Gasteiger partial charge in [-0.25, -0.2) is 18.6 Å². The van der Waals surface area contributed by atoms with Gasteiger partial charge in [-0.3, -0.25) is 4.90 Å². The Hall–Kier alpha value is -5.38. The third-order valence-electron chi connectivity index (χ3n) is 11.2. The van der Waals surface area contributed by atoms with Crippen LogP contribution in [0.3, 0.4) is 0 Å². The van der Waals surface area contributed by atoms with Gasteiger partial charge in [0.25, 0.3) is 0 Å². The van der Waals surface area contributed by atoms with Crippen molar-refractivity contribution in [2.45, 2.75) is 56.9 Å². The third kappa shape index (κ3) is 6.32. The van der Waals surface area contributed by atoms with Gasteiger partial charge < -0.3 is 20.3 Å². The highest BCUT2D eigenvalue weighted by Gasteiger charge is 2.48. The van der Waals surface area contributed by atoms with E-state index in [1.54, 1.807) is 18.7 Å². The first-order chi connectivity index (χ1) is 27.0. The summed E-state index contributed by atoms with van der Waals surface area (Å²) in [5, 5.41) is 13.1. The van der Waals surface area contributed by atoms with Crippen molar-refractivity contribution >= 4 is 60.8 Å². The van der Waals surface area contributed by atoms with E-state index >= 15 is 22.0 Å². The van der Waals surface area contributed by atoms with Crippen LogP contribution in [0.15, 0.2) is 48.8 Å². The fraction of sp³-hybridized carbons (Fsp3) is 0.368. The predicted octanol–water partition coefficient (Wildman–Crippen LogP) is 7.80. The number of nitrogen functional groups attached to an aromatic ring is 1. The normalized spacial score (nSPS) is 19.5. The molecule has 8 rings (SSSR count). The lowest BCUT2D eigenvalue weighted by Crippen LogP contribution is -2.47. The number of nitrogens with zero attached hydrogens (tertiary/aromatic N) is 9. The van der Waals surface area contributed by atoms with Gasteiger partial charge in [0, 0.05) is 42.5 Å². The molecule has 19 heteroatoms. The zero-order valence-corrected chi connectivity index (χ0v) is 32.2. The van der Waals surface area contributed by atoms with Crippen molar-refractivity contribution in [2.24, 2.45) is 0 Å². The van der Waals surface area contributed by atoms with Crippen LogP contribution < -0.4 is 15.4 Å². The van der Waals surface area contributed by atoms with Gasteiger partial charge in [-0.05, 0) is 62.4 Å². The van der Waals surface area contributed by atoms with Gasteiger partial charge >= 0.3 is 18.2 Å². The van der Waals surface area contributed by atoms with Crippen LogP contribution >= 0.6 is 22.9 Å². The van der Waals surface area contributed by atoms with Gasteiger partial charge in [-0.1, -0.05) is 30.4 Å². The SMILES string of the molecule is C=C1CN2CC(=C)CC2(COc2nc(N(CC)C3CCN(C(=O)n4cnc(Cl)n4)[C@@H]3C)c3cc(C(F)(F)F)c(-c4ccc(F)c5sc(N)c(C#N)c45)c(F)c3n2)C1. The molecule has 5 aromatic rings. The number of amides is 1. The van der Waals surface area contributed by atoms with E-state index < -0.39 is 58.1 Å². The highest BCUT2D eigenvalue weighted by molar-refractivity contribution is 7.23. The smallest absolute Gasteiger partial charge is 0.417 e. The molecule has 0 aliphatic carbocycles. The summed E-state index contributed by atoms with van der Waals surface area (Å²) >= 11 is 6.54. The quantitative estimate of drug-likeness (QED) is 0.128. The van der Waals surface area contributed by atoms with E-state index in [-0.39, 0.29) is 68.4 Å². The second-order valence-electron chi connectivity index (χ2n) is 14.6. The average Bonchev–Trinajstić information content (AvgIpc) is 3.96. The Morgan fingerprint density at radius 3 is 2.56 bits per heavy atom. The number of carbonyl (C=O) groups excluding carboxylic acids is 1. The van der Waals surface area contributed by atoms with Crippen LogP contribution in [-0.2, 0) is 6.18 Å². The van der Waals surface area contributed by atoms with E-state index in [9.17, 15) is 10.1 Å². The van der Waals surface area contributed by atoms with Crippen LogP contribution in [0.4, 0.5) is 37.6 Å². The molecular weight excluding hydrogens is 791 g/mol. The number of likely N-dealkylation sites (tertiary alicyclic amines) is 1. The van der Waals surface area contributed by atoms with Gasteiger partial charge in [-0.2, -0.15) is 33.1 Å². The molecule has 0 bridgehead atoms. The molecule has 6 heterocycles. The van der Waals surface area contributed by atoms with Crippen molar-refractivity contribution < 1.29 is 31.5 Å². The zero-order chi connectivity index (χ0) is 40.7. The summed E-state index contributed by atoms with van der Waals surface area (Å²) in [6, 6.07) is 2.67. The molecule has 3 fully saturated rings. The van der Waals surface area contributed by atoms with Crippen molar-refractivity contribution in [3.05, 3.63) is 76.9 Å². The first-order valence-corrected chi connectivity index (χ1v) is 19.1. The Morgan fingerprint density at radius 2 is 1.93 bits per heavy atom. The number of benzene rings is 2. The number of alkyl halides is 3. The highest BCUT2D eigenvalue weighted by Crippen LogP contribution is 2.49. The Kier molecular flexibility index (Phi) is 9.40. The first-order valence-electron chi connectivity index (χ1n) is 17.9. The molecule has 1 amide bonds. The molecule has 3 aliphatic rings. The number of rotatable bonds is 7. The molecule has 3 saturated heterocycles. The van der Waals surface area contributed by atoms with E-state index in [1.807, 2.05) is 6.07 Å². The minimum absolute atomic E-state index is 0.0498.